The van der Waals surface area contributed by atoms with Gasteiger partial charge >= 0.3 is 0 Å². The van der Waals surface area contributed by atoms with Crippen molar-refractivity contribution in [1.82, 2.24) is 9.13 Å². The Balaban J connectivity index is 0.848. The van der Waals surface area contributed by atoms with E-state index >= 15 is 0 Å². The summed E-state index contributed by atoms with van der Waals surface area (Å²) >= 11 is 0. The molecule has 4 nitrogen and oxygen atoms in total. The molecule has 0 fully saturated rings. The summed E-state index contributed by atoms with van der Waals surface area (Å²) in [5, 5.41) is 7.27. The number of aromatic nitrogens is 2. The molecule has 0 saturated carbocycles. The van der Waals surface area contributed by atoms with E-state index in [4.69, 9.17) is 4.42 Å². The van der Waals surface area contributed by atoms with Gasteiger partial charge in [-0.05, 0) is 140 Å². The summed E-state index contributed by atoms with van der Waals surface area (Å²) in [5.41, 5.74) is 23.0. The molecule has 11 aromatic rings. The van der Waals surface area contributed by atoms with Crippen molar-refractivity contribution in [3.63, 3.8) is 0 Å². The lowest BCUT2D eigenvalue weighted by Gasteiger charge is -2.35. The third kappa shape index (κ3) is 6.83. The molecule has 4 aliphatic carbocycles. The van der Waals surface area contributed by atoms with Crippen molar-refractivity contribution in [3.05, 3.63) is 278 Å². The van der Waals surface area contributed by atoms with Crippen molar-refractivity contribution < 1.29 is 4.42 Å². The lowest BCUT2D eigenvalue weighted by Crippen LogP contribution is -2.33. The monoisotopic (exact) mass is 961 g/mol. The summed E-state index contributed by atoms with van der Waals surface area (Å²) in [6, 6.07) is 58.9. The Hall–Kier alpha value is -9.38. The highest BCUT2D eigenvalue weighted by Crippen LogP contribution is 2.50. The van der Waals surface area contributed by atoms with Crippen LogP contribution in [0.2, 0.25) is 0 Å². The maximum Gasteiger partial charge on any atom is 0.159 e. The smallest absolute Gasteiger partial charge is 0.159 e. The van der Waals surface area contributed by atoms with Gasteiger partial charge in [0.05, 0.1) is 23.3 Å². The first-order valence-corrected chi connectivity index (χ1v) is 26.2. The molecule has 4 bridgehead atoms. The second-order valence-electron chi connectivity index (χ2n) is 20.4. The first kappa shape index (κ1) is 43.2. The van der Waals surface area contributed by atoms with E-state index < -0.39 is 0 Å². The molecular weight excluding hydrogens is 911 g/mol. The van der Waals surface area contributed by atoms with Crippen LogP contribution in [0.5, 0.6) is 0 Å². The molecule has 8 aromatic carbocycles. The summed E-state index contributed by atoms with van der Waals surface area (Å²) in [6.07, 6.45) is 29.9. The zero-order valence-corrected chi connectivity index (χ0v) is 41.5. The molecule has 0 amide bonds. The molecule has 2 unspecified atom stereocenters. The third-order valence-corrected chi connectivity index (χ3v) is 16.4. The quantitative estimate of drug-likeness (QED) is 0.142. The van der Waals surface area contributed by atoms with Crippen LogP contribution in [0.4, 0.5) is 5.69 Å². The van der Waals surface area contributed by atoms with Gasteiger partial charge < -0.3 is 18.5 Å². The van der Waals surface area contributed by atoms with Crippen molar-refractivity contribution in [2.24, 2.45) is 0 Å². The van der Waals surface area contributed by atoms with Crippen LogP contribution in [0.15, 0.2) is 266 Å². The van der Waals surface area contributed by atoms with Gasteiger partial charge in [0, 0.05) is 61.6 Å². The number of nitrogens with zero attached hydrogens (tertiary/aromatic N) is 3. The van der Waals surface area contributed by atoms with Crippen LogP contribution in [-0.2, 0) is 6.54 Å². The number of hydrogen-bond donors (Lipinski definition) is 0. The lowest BCUT2D eigenvalue weighted by atomic mass is 9.85. The maximum atomic E-state index is 6.68. The summed E-state index contributed by atoms with van der Waals surface area (Å²) in [4.78, 5) is 2.41. The van der Waals surface area contributed by atoms with Gasteiger partial charge in [0.1, 0.15) is 5.58 Å². The SMILES string of the molecule is C=C/C=C\C=C/Cn1c2ccc(-c3ccc4c5ccccc5n(C5C=CC6=C(C5)c5cc(c5)-c5ccccc56)c4c3)cc2c2ccc(C3=CC=C4CC3N(c3cccc5c3oc3ccccc35)/C=C\C=C/C4=C)cc21. The number of anilines is 1. The Morgan fingerprint density at radius 2 is 1.32 bits per heavy atom. The molecule has 75 heavy (non-hydrogen) atoms. The molecule has 5 aliphatic rings. The summed E-state index contributed by atoms with van der Waals surface area (Å²) in [5.74, 6) is 0. The minimum atomic E-state index is -0.0280. The van der Waals surface area contributed by atoms with E-state index in [9.17, 15) is 0 Å². The predicted octanol–water partition coefficient (Wildman–Crippen LogP) is 18.5. The fraction of sp³-hybridized carbons (Fsp3) is 0.0704. The van der Waals surface area contributed by atoms with Gasteiger partial charge in [-0.3, -0.25) is 0 Å². The molecule has 16 rings (SSSR count). The molecule has 356 valence electrons. The fourth-order valence-electron chi connectivity index (χ4n) is 12.8. The fourth-order valence-corrected chi connectivity index (χ4v) is 12.8. The van der Waals surface area contributed by atoms with E-state index in [0.29, 0.717) is 6.54 Å². The van der Waals surface area contributed by atoms with Crippen LogP contribution < -0.4 is 4.90 Å². The molecule has 0 radical (unpaired) electrons. The van der Waals surface area contributed by atoms with Crippen molar-refractivity contribution in [3.8, 4) is 22.3 Å². The number of para-hydroxylation sites is 3. The average molecular weight is 962 g/mol. The van der Waals surface area contributed by atoms with Gasteiger partial charge in [0.25, 0.3) is 0 Å². The minimum absolute atomic E-state index is 0.0280. The molecule has 1 aliphatic heterocycles. The second kappa shape index (κ2) is 17.1. The van der Waals surface area contributed by atoms with Gasteiger partial charge in [0.15, 0.2) is 5.58 Å². The number of allylic oxidation sites excluding steroid dienone is 15. The van der Waals surface area contributed by atoms with Crippen molar-refractivity contribution in [1.29, 1.82) is 0 Å². The van der Waals surface area contributed by atoms with Crippen LogP contribution >= 0.6 is 0 Å². The van der Waals surface area contributed by atoms with E-state index in [1.165, 1.54) is 105 Å². The van der Waals surface area contributed by atoms with Gasteiger partial charge in [-0.25, -0.2) is 0 Å². The van der Waals surface area contributed by atoms with Gasteiger partial charge in [-0.2, -0.15) is 0 Å². The van der Waals surface area contributed by atoms with Crippen LogP contribution in [0.1, 0.15) is 35.6 Å². The van der Waals surface area contributed by atoms with E-state index in [-0.39, 0.29) is 12.1 Å². The van der Waals surface area contributed by atoms with Gasteiger partial charge in [-0.15, -0.1) is 0 Å². The van der Waals surface area contributed by atoms with Crippen molar-refractivity contribution in [2.45, 2.75) is 31.5 Å². The Labute approximate surface area is 435 Å². The average Bonchev–Trinajstić information content (AvgIpc) is 4.04. The minimum Gasteiger partial charge on any atom is -0.454 e. The van der Waals surface area contributed by atoms with Crippen LogP contribution in [0.25, 0.3) is 105 Å². The van der Waals surface area contributed by atoms with Gasteiger partial charge in [0.2, 0.25) is 0 Å². The molecular formula is C71H51N3O. The van der Waals surface area contributed by atoms with E-state index in [2.05, 4.69) is 240 Å². The van der Waals surface area contributed by atoms with Crippen LogP contribution in [0, 0.1) is 0 Å². The van der Waals surface area contributed by atoms with E-state index in [0.717, 1.165) is 46.0 Å². The van der Waals surface area contributed by atoms with Crippen LogP contribution in [-0.4, -0.2) is 15.2 Å². The number of hydrogen-bond acceptors (Lipinski definition) is 2. The summed E-state index contributed by atoms with van der Waals surface area (Å²) in [7, 11) is 0. The molecule has 4 heteroatoms. The van der Waals surface area contributed by atoms with E-state index in [1.54, 1.807) is 0 Å². The predicted molar refractivity (Wildman–Crippen MR) is 317 cm³/mol. The Bertz CT molecular complexity index is 4490. The molecule has 2 atom stereocenters. The largest absolute Gasteiger partial charge is 0.454 e. The molecule has 0 N–H and O–H groups in total. The Morgan fingerprint density at radius 3 is 2.23 bits per heavy atom. The van der Waals surface area contributed by atoms with Crippen molar-refractivity contribution >= 4 is 88.0 Å². The molecule has 0 spiro atoms. The zero-order valence-electron chi connectivity index (χ0n) is 41.5. The first-order valence-electron chi connectivity index (χ1n) is 26.2. The number of benzene rings is 7. The lowest BCUT2D eigenvalue weighted by molar-refractivity contribution is 0.658. The number of rotatable bonds is 8. The topological polar surface area (TPSA) is 26.2 Å². The first-order chi connectivity index (χ1) is 37.1. The highest BCUT2D eigenvalue weighted by atomic mass is 16.3. The molecule has 4 heterocycles. The highest BCUT2D eigenvalue weighted by molar-refractivity contribution is 6.13. The standard InChI is InChI=1S/C71H51N3O/c1-3-4-5-6-14-36-72-64-35-29-47(48-27-32-58-57-20-9-11-23-65(57)74(69(58)42-48)52-30-34-56-55-19-8-7-18-53(55)50-38-51(39-50)62(56)44-52)40-63(64)59-33-28-49(43-68(59)72)54-31-26-46-41-67(54)73(37-15-13-17-45(46)2)66-24-16-22-61-60-21-10-12-25-70(60)75-71(61)66/h3-35,37-40,42-43,52,67H,1-2,36,41,44H2/b5-4-,14-6-,17-13-,37-15-. The Morgan fingerprint density at radius 1 is 0.560 bits per heavy atom. The second-order valence-corrected chi connectivity index (χ2v) is 20.4. The molecule has 0 saturated heterocycles. The number of fused-ring (bicyclic) bond motifs is 11. The Kier molecular flexibility index (Phi) is 9.86. The number of furan rings is 1. The van der Waals surface area contributed by atoms with Gasteiger partial charge in [-0.1, -0.05) is 183 Å². The summed E-state index contributed by atoms with van der Waals surface area (Å²) < 4.78 is 11.8. The summed E-state index contributed by atoms with van der Waals surface area (Å²) in [6.45, 7) is 9.10. The third-order valence-electron chi connectivity index (χ3n) is 16.4. The molecule has 3 aromatic heterocycles. The maximum absolute atomic E-state index is 6.68. The van der Waals surface area contributed by atoms with Crippen LogP contribution in [0.3, 0.4) is 0 Å². The highest BCUT2D eigenvalue weighted by Gasteiger charge is 2.31. The zero-order chi connectivity index (χ0) is 49.7. The normalized spacial score (nSPS) is 18.3. The van der Waals surface area contributed by atoms with E-state index in [1.807, 2.05) is 24.3 Å². The van der Waals surface area contributed by atoms with Crippen molar-refractivity contribution in [2.75, 3.05) is 4.90 Å².